The van der Waals surface area contributed by atoms with Crippen molar-refractivity contribution in [1.29, 1.82) is 0 Å². The molecule has 0 aromatic carbocycles. The number of hydrogen-bond acceptors (Lipinski definition) is 8. The van der Waals surface area contributed by atoms with Gasteiger partial charge in [0, 0.05) is 44.3 Å². The fourth-order valence-corrected chi connectivity index (χ4v) is 7.42. The van der Waals surface area contributed by atoms with Gasteiger partial charge in [0.15, 0.2) is 5.79 Å². The zero-order valence-corrected chi connectivity index (χ0v) is 32.0. The van der Waals surface area contributed by atoms with Crippen LogP contribution in [0, 0.1) is 35.5 Å². The zero-order chi connectivity index (χ0) is 37.6. The third kappa shape index (κ3) is 12.4. The Morgan fingerprint density at radius 3 is 1.94 bits per heavy atom. The van der Waals surface area contributed by atoms with Gasteiger partial charge in [-0.1, -0.05) is 114 Å². The van der Waals surface area contributed by atoms with Crippen molar-refractivity contribution in [2.45, 2.75) is 130 Å². The van der Waals surface area contributed by atoms with Crippen molar-refractivity contribution in [1.82, 2.24) is 0 Å². The number of carboxylic acid groups (broad SMARTS) is 1. The highest BCUT2D eigenvalue weighted by molar-refractivity contribution is 5.67. The van der Waals surface area contributed by atoms with Crippen molar-refractivity contribution in [3.63, 3.8) is 0 Å². The second-order valence-electron chi connectivity index (χ2n) is 14.7. The minimum atomic E-state index is -1.30. The number of methoxy groups -OCH3 is 2. The molecule has 0 aromatic rings. The molecule has 2 heterocycles. The molecule has 2 aliphatic rings. The van der Waals surface area contributed by atoms with E-state index in [0.717, 1.165) is 6.42 Å². The first-order valence-corrected chi connectivity index (χ1v) is 18.3. The molecule has 2 fully saturated rings. The van der Waals surface area contributed by atoms with Crippen molar-refractivity contribution in [2.75, 3.05) is 14.2 Å². The molecule has 14 atom stereocenters. The first-order valence-electron chi connectivity index (χ1n) is 18.3. The highest BCUT2D eigenvalue weighted by Gasteiger charge is 2.57. The summed E-state index contributed by atoms with van der Waals surface area (Å²) in [4.78, 5) is 10.8. The van der Waals surface area contributed by atoms with Gasteiger partial charge in [-0.15, -0.1) is 0 Å². The number of aliphatic hydroxyl groups is 3. The van der Waals surface area contributed by atoms with E-state index in [2.05, 4.69) is 26.8 Å². The quantitative estimate of drug-likeness (QED) is 0.0899. The van der Waals surface area contributed by atoms with Crippen LogP contribution in [0.3, 0.4) is 0 Å². The summed E-state index contributed by atoms with van der Waals surface area (Å²) in [6, 6.07) is 0. The monoisotopic (exact) mass is 702 g/mol. The summed E-state index contributed by atoms with van der Waals surface area (Å²) < 4.78 is 24.6. The average Bonchev–Trinajstić information content (AvgIpc) is 3.09. The average molecular weight is 703 g/mol. The van der Waals surface area contributed by atoms with Crippen LogP contribution in [-0.4, -0.2) is 89.1 Å². The molecule has 9 nitrogen and oxygen atoms in total. The summed E-state index contributed by atoms with van der Waals surface area (Å²) in [5, 5.41) is 43.3. The number of carboxylic acids is 1. The lowest BCUT2D eigenvalue weighted by Gasteiger charge is -2.56. The van der Waals surface area contributed by atoms with Gasteiger partial charge >= 0.3 is 5.97 Å². The Bertz CT molecular complexity index is 1200. The molecule has 0 radical (unpaired) electrons. The summed E-state index contributed by atoms with van der Waals surface area (Å²) >= 11 is 0. The molecule has 0 aromatic heterocycles. The van der Waals surface area contributed by atoms with E-state index in [1.54, 1.807) is 25.3 Å². The number of allylic oxidation sites excluding steroid dienone is 10. The van der Waals surface area contributed by atoms with Gasteiger partial charge in [-0.3, -0.25) is 4.79 Å². The van der Waals surface area contributed by atoms with Gasteiger partial charge in [-0.2, -0.15) is 0 Å². The molecule has 284 valence electrons. The van der Waals surface area contributed by atoms with E-state index in [4.69, 9.17) is 24.1 Å². The molecule has 2 rings (SSSR count). The second kappa shape index (κ2) is 21.2. The largest absolute Gasteiger partial charge is 0.481 e. The van der Waals surface area contributed by atoms with E-state index >= 15 is 0 Å². The lowest BCUT2D eigenvalue weighted by atomic mass is 9.74. The van der Waals surface area contributed by atoms with Crippen LogP contribution in [0.15, 0.2) is 72.4 Å². The smallest absolute Gasteiger partial charge is 0.306 e. The summed E-state index contributed by atoms with van der Waals surface area (Å²) in [7, 11) is 3.16. The fraction of sp³-hybridized carbons (Fsp3) is 0.683. The predicted octanol–water partition coefficient (Wildman–Crippen LogP) is 6.80. The molecule has 9 heteroatoms. The molecular formula is C41H66O9. The number of aliphatic carboxylic acids is 1. The van der Waals surface area contributed by atoms with Crippen molar-refractivity contribution in [2.24, 2.45) is 35.5 Å². The summed E-state index contributed by atoms with van der Waals surface area (Å²) in [6.45, 7) is 16.2. The minimum Gasteiger partial charge on any atom is -0.481 e. The molecule has 4 N–H and O–H groups in total. The maximum Gasteiger partial charge on any atom is 0.306 e. The highest BCUT2D eigenvalue weighted by atomic mass is 16.7. The molecule has 2 saturated heterocycles. The van der Waals surface area contributed by atoms with Crippen LogP contribution in [0.5, 0.6) is 0 Å². The Morgan fingerprint density at radius 1 is 0.860 bits per heavy atom. The molecule has 0 saturated carbocycles. The second-order valence-corrected chi connectivity index (χ2v) is 14.7. The lowest BCUT2D eigenvalue weighted by molar-refractivity contribution is -0.391. The van der Waals surface area contributed by atoms with Crippen LogP contribution in [-0.2, 0) is 23.7 Å². The molecule has 0 unspecified atom stereocenters. The van der Waals surface area contributed by atoms with Gasteiger partial charge in [0.25, 0.3) is 0 Å². The topological polar surface area (TPSA) is 135 Å². The standard InChI is InChI=1S/C41H66O9/c1-11-26(2)22-28(4)38(46)32(8)40-30(6)34(48-10)25-41(50-40)35(42)23-29(5)39(49-41)31(7)37(45)27(3)20-18-16-14-12-13-15-17-19-21-33(47-9)24-36(43)44/h11-21,27-35,37-40,42,45-46H,22-25H2,1-10H3,(H,43,44)/b13-12-,16-14+,17-15-,20-18-,21-19-,26-11+/t27-,28-,29-,30+,31-,32+,33+,34+,35-,37-,38-,39-,40-,41+/m0/s1. The number of aliphatic hydroxyl groups excluding tert-OH is 3. The van der Waals surface area contributed by atoms with Crippen LogP contribution in [0.4, 0.5) is 0 Å². The number of carbonyl (C=O) groups is 1. The van der Waals surface area contributed by atoms with Crippen LogP contribution in [0.25, 0.3) is 0 Å². The van der Waals surface area contributed by atoms with E-state index in [1.807, 2.05) is 77.2 Å². The summed E-state index contributed by atoms with van der Waals surface area (Å²) in [5.74, 6) is -2.87. The van der Waals surface area contributed by atoms with Crippen LogP contribution < -0.4 is 0 Å². The molecule has 50 heavy (non-hydrogen) atoms. The molecule has 1 spiro atoms. The first-order chi connectivity index (χ1) is 23.6. The Labute approximate surface area is 301 Å². The number of ether oxygens (including phenoxy) is 4. The summed E-state index contributed by atoms with van der Waals surface area (Å²) in [6.07, 6.45) is 18.4. The van der Waals surface area contributed by atoms with E-state index in [0.29, 0.717) is 12.8 Å². The Hall–Kier alpha value is -2.37. The highest BCUT2D eigenvalue weighted by Crippen LogP contribution is 2.47. The van der Waals surface area contributed by atoms with E-state index in [9.17, 15) is 20.1 Å². The lowest BCUT2D eigenvalue weighted by Crippen LogP contribution is -2.65. The van der Waals surface area contributed by atoms with Crippen molar-refractivity contribution in [3.05, 3.63) is 72.4 Å². The Balaban J connectivity index is 2.10. The maximum atomic E-state index is 11.5. The van der Waals surface area contributed by atoms with Crippen molar-refractivity contribution < 1.29 is 44.2 Å². The van der Waals surface area contributed by atoms with Crippen LogP contribution in [0.2, 0.25) is 0 Å². The third-order valence-electron chi connectivity index (χ3n) is 10.8. The molecule has 0 aliphatic carbocycles. The van der Waals surface area contributed by atoms with Gasteiger partial charge in [0.2, 0.25) is 0 Å². The molecule has 0 bridgehead atoms. The van der Waals surface area contributed by atoms with E-state index < -0.39 is 42.3 Å². The van der Waals surface area contributed by atoms with Gasteiger partial charge < -0.3 is 39.4 Å². The van der Waals surface area contributed by atoms with Crippen molar-refractivity contribution in [3.8, 4) is 0 Å². The maximum absolute atomic E-state index is 11.5. The van der Waals surface area contributed by atoms with E-state index in [1.165, 1.54) is 12.7 Å². The van der Waals surface area contributed by atoms with Gasteiger partial charge in [-0.25, -0.2) is 0 Å². The molecule has 0 amide bonds. The van der Waals surface area contributed by atoms with Crippen LogP contribution >= 0.6 is 0 Å². The molecular weight excluding hydrogens is 636 g/mol. The normalized spacial score (nSPS) is 32.7. The van der Waals surface area contributed by atoms with Gasteiger partial charge in [0.1, 0.15) is 6.10 Å². The van der Waals surface area contributed by atoms with Gasteiger partial charge in [-0.05, 0) is 38.5 Å². The van der Waals surface area contributed by atoms with Gasteiger partial charge in [0.05, 0.1) is 43.0 Å². The minimum absolute atomic E-state index is 0.0174. The zero-order valence-electron chi connectivity index (χ0n) is 32.0. The predicted molar refractivity (Wildman–Crippen MR) is 198 cm³/mol. The number of rotatable bonds is 18. The molecule has 2 aliphatic heterocycles. The van der Waals surface area contributed by atoms with Crippen LogP contribution in [0.1, 0.15) is 81.1 Å². The Kier molecular flexibility index (Phi) is 18.6. The summed E-state index contributed by atoms with van der Waals surface area (Å²) in [5.41, 5.74) is 1.23. The SMILES string of the molecule is C/C=C(\C)C[C@H](C)[C@H](O)[C@@H](C)[C@H]1O[C@@]2(C[C@@H](OC)[C@H]1C)O[C@H]([C@@H](C)[C@@H](O)[C@@H](C)\C=C/C=C/C=C\C=C/C=C\[C@H](CC(=O)O)OC)[C@@H](C)C[C@@H]2O. The Morgan fingerprint density at radius 2 is 1.40 bits per heavy atom. The first kappa shape index (κ1) is 43.8. The number of hydrogen-bond donors (Lipinski definition) is 4. The van der Waals surface area contributed by atoms with Crippen molar-refractivity contribution >= 4 is 5.97 Å². The third-order valence-corrected chi connectivity index (χ3v) is 10.8. The fourth-order valence-electron chi connectivity index (χ4n) is 7.42. The van der Waals surface area contributed by atoms with E-state index in [-0.39, 0.29) is 54.1 Å².